The molecule has 5 heteroatoms. The highest BCUT2D eigenvalue weighted by Gasteiger charge is 2.18. The Kier molecular flexibility index (Phi) is 5.98. The van der Waals surface area contributed by atoms with E-state index in [1.54, 1.807) is 0 Å². The summed E-state index contributed by atoms with van der Waals surface area (Å²) in [5.74, 6) is 2.15. The summed E-state index contributed by atoms with van der Waals surface area (Å²) in [5, 5.41) is 7.65. The lowest BCUT2D eigenvalue weighted by Gasteiger charge is -2.29. The molecule has 1 unspecified atom stereocenters. The predicted molar refractivity (Wildman–Crippen MR) is 79.4 cm³/mol. The van der Waals surface area contributed by atoms with Gasteiger partial charge in [0.2, 0.25) is 5.89 Å². The number of nitrogens with one attached hydrogen (secondary N) is 1. The minimum absolute atomic E-state index is 0.564. The van der Waals surface area contributed by atoms with Gasteiger partial charge in [-0.15, -0.1) is 0 Å². The van der Waals surface area contributed by atoms with E-state index in [1.807, 2.05) is 0 Å². The summed E-state index contributed by atoms with van der Waals surface area (Å²) in [5.41, 5.74) is 0. The molecule has 1 fully saturated rings. The van der Waals surface area contributed by atoms with Gasteiger partial charge < -0.3 is 9.84 Å². The summed E-state index contributed by atoms with van der Waals surface area (Å²) in [6.45, 7) is 10.5. The first-order valence-electron chi connectivity index (χ1n) is 7.94. The van der Waals surface area contributed by atoms with Gasteiger partial charge in [-0.2, -0.15) is 4.98 Å². The molecule has 0 amide bonds. The second-order valence-electron chi connectivity index (χ2n) is 6.18. The molecule has 1 saturated heterocycles. The third-order valence-electron chi connectivity index (χ3n) is 3.80. The van der Waals surface area contributed by atoms with E-state index in [0.717, 1.165) is 44.3 Å². The molecule has 0 spiro atoms. The van der Waals surface area contributed by atoms with E-state index in [2.05, 4.69) is 41.1 Å². The zero-order valence-corrected chi connectivity index (χ0v) is 13.1. The van der Waals surface area contributed by atoms with Crippen LogP contribution < -0.4 is 5.32 Å². The van der Waals surface area contributed by atoms with Crippen molar-refractivity contribution < 1.29 is 4.52 Å². The standard InChI is InChI=1S/C15H28N4O/c1-4-19(10-13-7-5-6-8-16-13)11-15-17-14(18-20-15)9-12(2)3/h12-13,16H,4-11H2,1-3H3. The van der Waals surface area contributed by atoms with Crippen molar-refractivity contribution in [3.8, 4) is 0 Å². The molecule has 114 valence electrons. The van der Waals surface area contributed by atoms with Gasteiger partial charge in [-0.05, 0) is 31.8 Å². The molecule has 1 atom stereocenters. The van der Waals surface area contributed by atoms with Crippen LogP contribution in [0.15, 0.2) is 4.52 Å². The second-order valence-corrected chi connectivity index (χ2v) is 6.18. The van der Waals surface area contributed by atoms with Gasteiger partial charge in [0, 0.05) is 19.0 Å². The van der Waals surface area contributed by atoms with Crippen molar-refractivity contribution in [3.05, 3.63) is 11.7 Å². The molecule has 0 radical (unpaired) electrons. The van der Waals surface area contributed by atoms with Gasteiger partial charge in [0.25, 0.3) is 0 Å². The summed E-state index contributed by atoms with van der Waals surface area (Å²) in [7, 11) is 0. The number of nitrogens with zero attached hydrogens (tertiary/aromatic N) is 3. The fourth-order valence-electron chi connectivity index (χ4n) is 2.69. The van der Waals surface area contributed by atoms with Crippen LogP contribution in [0.1, 0.15) is 51.7 Å². The molecule has 0 aromatic carbocycles. The molecule has 1 aliphatic rings. The molecular formula is C15H28N4O. The van der Waals surface area contributed by atoms with Crippen LogP contribution in [0.25, 0.3) is 0 Å². The van der Waals surface area contributed by atoms with Gasteiger partial charge in [0.05, 0.1) is 6.54 Å². The Hall–Kier alpha value is -0.940. The van der Waals surface area contributed by atoms with Gasteiger partial charge in [-0.1, -0.05) is 32.3 Å². The van der Waals surface area contributed by atoms with Crippen LogP contribution in [0.5, 0.6) is 0 Å². The predicted octanol–water partition coefficient (Wildman–Crippen LogP) is 2.23. The molecular weight excluding hydrogens is 252 g/mol. The van der Waals surface area contributed by atoms with Crippen molar-refractivity contribution in [3.63, 3.8) is 0 Å². The van der Waals surface area contributed by atoms with Crippen molar-refractivity contribution >= 4 is 0 Å². The quantitative estimate of drug-likeness (QED) is 0.830. The number of aromatic nitrogens is 2. The lowest BCUT2D eigenvalue weighted by molar-refractivity contribution is 0.201. The number of hydrogen-bond donors (Lipinski definition) is 1. The zero-order chi connectivity index (χ0) is 14.4. The highest BCUT2D eigenvalue weighted by molar-refractivity contribution is 4.88. The van der Waals surface area contributed by atoms with Crippen LogP contribution in [0.2, 0.25) is 0 Å². The second kappa shape index (κ2) is 7.74. The van der Waals surface area contributed by atoms with Crippen LogP contribution in [0.3, 0.4) is 0 Å². The molecule has 5 nitrogen and oxygen atoms in total. The van der Waals surface area contributed by atoms with E-state index in [1.165, 1.54) is 19.3 Å². The van der Waals surface area contributed by atoms with E-state index in [-0.39, 0.29) is 0 Å². The van der Waals surface area contributed by atoms with Gasteiger partial charge >= 0.3 is 0 Å². The maximum atomic E-state index is 5.36. The minimum atomic E-state index is 0.564. The average molecular weight is 280 g/mol. The van der Waals surface area contributed by atoms with E-state index >= 15 is 0 Å². The summed E-state index contributed by atoms with van der Waals surface area (Å²) in [4.78, 5) is 6.88. The lowest BCUT2D eigenvalue weighted by Crippen LogP contribution is -2.43. The normalized spacial score (nSPS) is 19.9. The topological polar surface area (TPSA) is 54.2 Å². The van der Waals surface area contributed by atoms with Crippen LogP contribution in [-0.2, 0) is 13.0 Å². The molecule has 1 aromatic heterocycles. The minimum Gasteiger partial charge on any atom is -0.338 e. The Morgan fingerprint density at radius 2 is 2.25 bits per heavy atom. The van der Waals surface area contributed by atoms with Crippen molar-refractivity contribution in [2.24, 2.45) is 5.92 Å². The summed E-state index contributed by atoms with van der Waals surface area (Å²) < 4.78 is 5.36. The molecule has 20 heavy (non-hydrogen) atoms. The van der Waals surface area contributed by atoms with Crippen LogP contribution in [-0.4, -0.2) is 40.7 Å². The molecule has 1 aromatic rings. The monoisotopic (exact) mass is 280 g/mol. The molecule has 0 aliphatic carbocycles. The maximum absolute atomic E-state index is 5.36. The van der Waals surface area contributed by atoms with E-state index in [4.69, 9.17) is 4.52 Å². The average Bonchev–Trinajstić information content (AvgIpc) is 2.85. The fourth-order valence-corrected chi connectivity index (χ4v) is 2.69. The molecule has 0 bridgehead atoms. The van der Waals surface area contributed by atoms with Crippen molar-refractivity contribution in [1.82, 2.24) is 20.4 Å². The third-order valence-corrected chi connectivity index (χ3v) is 3.80. The highest BCUT2D eigenvalue weighted by atomic mass is 16.5. The summed E-state index contributed by atoms with van der Waals surface area (Å²) >= 11 is 0. The van der Waals surface area contributed by atoms with Crippen LogP contribution >= 0.6 is 0 Å². The Morgan fingerprint density at radius 3 is 2.90 bits per heavy atom. The fraction of sp³-hybridized carbons (Fsp3) is 0.867. The SMILES string of the molecule is CCN(Cc1nc(CC(C)C)no1)CC1CCCCN1. The van der Waals surface area contributed by atoms with Crippen molar-refractivity contribution in [2.75, 3.05) is 19.6 Å². The molecule has 2 rings (SSSR count). The molecule has 1 aliphatic heterocycles. The number of likely N-dealkylation sites (N-methyl/N-ethyl adjacent to an activating group) is 1. The summed E-state index contributed by atoms with van der Waals surface area (Å²) in [6.07, 6.45) is 4.82. The van der Waals surface area contributed by atoms with E-state index in [9.17, 15) is 0 Å². The van der Waals surface area contributed by atoms with Gasteiger partial charge in [-0.25, -0.2) is 0 Å². The van der Waals surface area contributed by atoms with Gasteiger partial charge in [0.1, 0.15) is 0 Å². The maximum Gasteiger partial charge on any atom is 0.240 e. The zero-order valence-electron chi connectivity index (χ0n) is 13.1. The van der Waals surface area contributed by atoms with Crippen LogP contribution in [0.4, 0.5) is 0 Å². The third kappa shape index (κ3) is 4.87. The Balaban J connectivity index is 1.83. The largest absolute Gasteiger partial charge is 0.338 e. The van der Waals surface area contributed by atoms with Crippen molar-refractivity contribution in [1.29, 1.82) is 0 Å². The smallest absolute Gasteiger partial charge is 0.240 e. The van der Waals surface area contributed by atoms with E-state index < -0.39 is 0 Å². The van der Waals surface area contributed by atoms with E-state index in [0.29, 0.717) is 12.0 Å². The number of hydrogen-bond acceptors (Lipinski definition) is 5. The molecule has 1 N–H and O–H groups in total. The lowest BCUT2D eigenvalue weighted by atomic mass is 10.0. The first-order valence-corrected chi connectivity index (χ1v) is 7.94. The number of rotatable bonds is 7. The Labute approximate surface area is 122 Å². The molecule has 2 heterocycles. The first kappa shape index (κ1) is 15.4. The van der Waals surface area contributed by atoms with Crippen LogP contribution in [0, 0.1) is 5.92 Å². The Morgan fingerprint density at radius 1 is 1.40 bits per heavy atom. The van der Waals surface area contributed by atoms with Gasteiger partial charge in [0.15, 0.2) is 5.82 Å². The summed E-state index contributed by atoms with van der Waals surface area (Å²) in [6, 6.07) is 0.613. The van der Waals surface area contributed by atoms with Crippen molar-refractivity contribution in [2.45, 2.75) is 59.0 Å². The first-order chi connectivity index (χ1) is 9.67. The Bertz CT molecular complexity index is 385. The highest BCUT2D eigenvalue weighted by Crippen LogP contribution is 2.11. The number of piperidine rings is 1. The molecule has 0 saturated carbocycles. The van der Waals surface area contributed by atoms with Gasteiger partial charge in [-0.3, -0.25) is 4.90 Å².